The smallest absolute Gasteiger partial charge is 0.450 e. The first-order valence-corrected chi connectivity index (χ1v) is 7.55. The van der Waals surface area contributed by atoms with E-state index in [9.17, 15) is 22.8 Å². The van der Waals surface area contributed by atoms with E-state index in [-0.39, 0.29) is 12.1 Å². The molecule has 1 amide bonds. The number of aromatic nitrogens is 2. The standard InChI is InChI=1S/C16H18F3N3O4/c1-15(2,3)26-14(24)20-7-9-5-6-10-11(12(23)25-4)21-13(16(17,18)19)22(10)8-9/h5-6,8H,7H2,1-4H3,(H,20,24). The molecule has 2 aromatic heterocycles. The molecule has 0 unspecified atom stereocenters. The summed E-state index contributed by atoms with van der Waals surface area (Å²) < 4.78 is 49.9. The van der Waals surface area contributed by atoms with Crippen molar-refractivity contribution in [3.05, 3.63) is 35.4 Å². The van der Waals surface area contributed by atoms with Gasteiger partial charge in [0.1, 0.15) is 5.60 Å². The molecule has 0 fully saturated rings. The molecular weight excluding hydrogens is 355 g/mol. The molecule has 0 bridgehead atoms. The van der Waals surface area contributed by atoms with E-state index in [1.54, 1.807) is 20.8 Å². The van der Waals surface area contributed by atoms with Gasteiger partial charge in [0.15, 0.2) is 5.69 Å². The van der Waals surface area contributed by atoms with E-state index in [0.717, 1.165) is 17.7 Å². The highest BCUT2D eigenvalue weighted by Crippen LogP contribution is 2.30. The molecule has 10 heteroatoms. The summed E-state index contributed by atoms with van der Waals surface area (Å²) in [5, 5.41) is 2.45. The molecule has 142 valence electrons. The van der Waals surface area contributed by atoms with Crippen LogP contribution in [0.3, 0.4) is 0 Å². The number of ether oxygens (including phenoxy) is 2. The molecule has 0 radical (unpaired) electrons. The predicted molar refractivity (Wildman–Crippen MR) is 84.6 cm³/mol. The summed E-state index contributed by atoms with van der Waals surface area (Å²) in [6, 6.07) is 2.78. The second-order valence-electron chi connectivity index (χ2n) is 6.42. The van der Waals surface area contributed by atoms with Gasteiger partial charge in [-0.1, -0.05) is 6.07 Å². The Morgan fingerprint density at radius 2 is 1.88 bits per heavy atom. The average Bonchev–Trinajstić information content (AvgIpc) is 2.89. The van der Waals surface area contributed by atoms with E-state index in [0.29, 0.717) is 5.56 Å². The van der Waals surface area contributed by atoms with Gasteiger partial charge in [0.2, 0.25) is 5.82 Å². The molecule has 0 spiro atoms. The lowest BCUT2D eigenvalue weighted by molar-refractivity contribution is -0.145. The molecule has 0 saturated carbocycles. The van der Waals surface area contributed by atoms with Crippen molar-refractivity contribution in [3.63, 3.8) is 0 Å². The van der Waals surface area contributed by atoms with E-state index in [1.165, 1.54) is 12.1 Å². The number of nitrogens with zero attached hydrogens (tertiary/aromatic N) is 2. The Kier molecular flexibility index (Phi) is 5.15. The first-order valence-electron chi connectivity index (χ1n) is 7.55. The first-order chi connectivity index (χ1) is 11.9. The minimum absolute atomic E-state index is 0.0507. The van der Waals surface area contributed by atoms with Crippen molar-refractivity contribution >= 4 is 17.6 Å². The van der Waals surface area contributed by atoms with Crippen LogP contribution in [0.2, 0.25) is 0 Å². The number of fused-ring (bicyclic) bond motifs is 1. The number of carbonyl (C=O) groups is 2. The van der Waals surface area contributed by atoms with Crippen LogP contribution >= 0.6 is 0 Å². The largest absolute Gasteiger partial charge is 0.464 e. The lowest BCUT2D eigenvalue weighted by atomic mass is 10.2. The molecule has 0 saturated heterocycles. The molecule has 7 nitrogen and oxygen atoms in total. The second-order valence-corrected chi connectivity index (χ2v) is 6.42. The van der Waals surface area contributed by atoms with E-state index in [2.05, 4.69) is 15.0 Å². The highest BCUT2D eigenvalue weighted by molar-refractivity contribution is 5.95. The van der Waals surface area contributed by atoms with Gasteiger partial charge in [-0.15, -0.1) is 0 Å². The lowest BCUT2D eigenvalue weighted by Crippen LogP contribution is -2.32. The summed E-state index contributed by atoms with van der Waals surface area (Å²) in [5.41, 5.74) is -0.823. The maximum atomic E-state index is 13.2. The van der Waals surface area contributed by atoms with Crippen molar-refractivity contribution in [2.45, 2.75) is 39.1 Å². The van der Waals surface area contributed by atoms with Gasteiger partial charge in [-0.05, 0) is 32.4 Å². The molecule has 26 heavy (non-hydrogen) atoms. The van der Waals surface area contributed by atoms with E-state index in [1.807, 2.05) is 0 Å². The van der Waals surface area contributed by atoms with E-state index < -0.39 is 35.4 Å². The first kappa shape index (κ1) is 19.5. The van der Waals surface area contributed by atoms with Crippen LogP contribution in [-0.4, -0.2) is 34.2 Å². The van der Waals surface area contributed by atoms with Gasteiger partial charge in [0.25, 0.3) is 0 Å². The van der Waals surface area contributed by atoms with Gasteiger partial charge in [0.05, 0.1) is 12.6 Å². The Labute approximate surface area is 147 Å². The number of hydrogen-bond acceptors (Lipinski definition) is 5. The molecule has 0 aliphatic carbocycles. The van der Waals surface area contributed by atoms with Crippen molar-refractivity contribution in [2.75, 3.05) is 7.11 Å². The van der Waals surface area contributed by atoms with Crippen LogP contribution in [0.4, 0.5) is 18.0 Å². The molecule has 0 aromatic carbocycles. The number of nitrogens with one attached hydrogen (secondary N) is 1. The fourth-order valence-electron chi connectivity index (χ4n) is 2.17. The number of pyridine rings is 1. The number of esters is 1. The lowest BCUT2D eigenvalue weighted by Gasteiger charge is -2.19. The minimum atomic E-state index is -4.77. The molecule has 0 aliphatic rings. The third kappa shape index (κ3) is 4.44. The Morgan fingerprint density at radius 1 is 1.23 bits per heavy atom. The van der Waals surface area contributed by atoms with E-state index >= 15 is 0 Å². The van der Waals surface area contributed by atoms with Crippen LogP contribution in [0.25, 0.3) is 5.52 Å². The molecule has 0 aliphatic heterocycles. The maximum Gasteiger partial charge on any atom is 0.450 e. The Hall–Kier alpha value is -2.78. The third-order valence-corrected chi connectivity index (χ3v) is 3.17. The van der Waals surface area contributed by atoms with Crippen LogP contribution in [0.15, 0.2) is 18.3 Å². The van der Waals surface area contributed by atoms with Crippen molar-refractivity contribution in [2.24, 2.45) is 0 Å². The van der Waals surface area contributed by atoms with E-state index in [4.69, 9.17) is 4.74 Å². The Bertz CT molecular complexity index is 838. The number of methoxy groups -OCH3 is 1. The second kappa shape index (κ2) is 6.85. The number of amides is 1. The van der Waals surface area contributed by atoms with Gasteiger partial charge in [-0.2, -0.15) is 13.2 Å². The highest BCUT2D eigenvalue weighted by Gasteiger charge is 2.38. The SMILES string of the molecule is COC(=O)c1nc(C(F)(F)F)n2cc(CNC(=O)OC(C)(C)C)ccc12. The fraction of sp³-hybridized carbons (Fsp3) is 0.438. The number of halogens is 3. The molecule has 2 heterocycles. The van der Waals surface area contributed by atoms with Crippen molar-refractivity contribution in [1.82, 2.24) is 14.7 Å². The molecule has 2 aromatic rings. The molecule has 2 rings (SSSR count). The Balaban J connectivity index is 2.34. The van der Waals surface area contributed by atoms with Gasteiger partial charge in [0, 0.05) is 12.7 Å². The van der Waals surface area contributed by atoms with Gasteiger partial charge in [-0.25, -0.2) is 14.6 Å². The number of carbonyl (C=O) groups excluding carboxylic acids is 2. The van der Waals surface area contributed by atoms with Gasteiger partial charge in [-0.3, -0.25) is 4.40 Å². The van der Waals surface area contributed by atoms with Crippen LogP contribution < -0.4 is 5.32 Å². The minimum Gasteiger partial charge on any atom is -0.464 e. The van der Waals surface area contributed by atoms with Gasteiger partial charge < -0.3 is 14.8 Å². The number of alkyl halides is 3. The molecule has 0 atom stereocenters. The topological polar surface area (TPSA) is 81.9 Å². The normalized spacial score (nSPS) is 12.1. The summed E-state index contributed by atoms with van der Waals surface area (Å²) >= 11 is 0. The van der Waals surface area contributed by atoms with Crippen molar-refractivity contribution in [1.29, 1.82) is 0 Å². The van der Waals surface area contributed by atoms with Crippen LogP contribution in [0.5, 0.6) is 0 Å². The molecule has 1 N–H and O–H groups in total. The van der Waals surface area contributed by atoms with Crippen LogP contribution in [0, 0.1) is 0 Å². The van der Waals surface area contributed by atoms with Gasteiger partial charge >= 0.3 is 18.2 Å². The predicted octanol–water partition coefficient (Wildman–Crippen LogP) is 3.16. The zero-order chi connectivity index (χ0) is 19.7. The Morgan fingerprint density at radius 3 is 2.42 bits per heavy atom. The quantitative estimate of drug-likeness (QED) is 0.836. The number of hydrogen-bond donors (Lipinski definition) is 1. The molecular formula is C16H18F3N3O4. The number of imidazole rings is 1. The van der Waals surface area contributed by atoms with Crippen LogP contribution in [0.1, 0.15) is 42.6 Å². The summed E-state index contributed by atoms with van der Waals surface area (Å²) in [4.78, 5) is 26.7. The summed E-state index contributed by atoms with van der Waals surface area (Å²) in [6.07, 6.45) is -4.32. The summed E-state index contributed by atoms with van der Waals surface area (Å²) in [6.45, 7) is 5.00. The van der Waals surface area contributed by atoms with Crippen molar-refractivity contribution in [3.8, 4) is 0 Å². The maximum absolute atomic E-state index is 13.2. The average molecular weight is 373 g/mol. The third-order valence-electron chi connectivity index (χ3n) is 3.17. The summed E-state index contributed by atoms with van der Waals surface area (Å²) in [5.74, 6) is -2.23. The van der Waals surface area contributed by atoms with Crippen molar-refractivity contribution < 1.29 is 32.2 Å². The highest BCUT2D eigenvalue weighted by atomic mass is 19.4. The monoisotopic (exact) mass is 373 g/mol. The summed E-state index contributed by atoms with van der Waals surface area (Å²) in [7, 11) is 1.06. The fourth-order valence-corrected chi connectivity index (χ4v) is 2.17. The number of rotatable bonds is 3. The zero-order valence-electron chi connectivity index (χ0n) is 14.6. The van der Waals surface area contributed by atoms with Crippen LogP contribution in [-0.2, 0) is 22.2 Å². The number of alkyl carbamates (subject to hydrolysis) is 1. The zero-order valence-corrected chi connectivity index (χ0v) is 14.6.